The van der Waals surface area contributed by atoms with E-state index in [1.54, 1.807) is 26.0 Å². The lowest BCUT2D eigenvalue weighted by Gasteiger charge is -2.56. The second-order valence-electron chi connectivity index (χ2n) is 9.68. The maximum atomic E-state index is 13.3. The van der Waals surface area contributed by atoms with E-state index < -0.39 is 6.10 Å². The van der Waals surface area contributed by atoms with E-state index in [0.717, 1.165) is 25.7 Å². The monoisotopic (exact) mass is 426 g/mol. The zero-order valence-corrected chi connectivity index (χ0v) is 19.6. The van der Waals surface area contributed by atoms with Gasteiger partial charge in [-0.15, -0.1) is 0 Å². The van der Waals surface area contributed by atoms with Crippen molar-refractivity contribution in [2.75, 3.05) is 40.5 Å². The molecule has 2 rings (SSSR count). The Bertz CT molecular complexity index is 578. The number of methoxy groups -OCH3 is 2. The Morgan fingerprint density at radius 1 is 1.17 bits per heavy atom. The number of nitrogens with zero attached hydrogens (tertiary/aromatic N) is 1. The predicted octanol–water partition coefficient (Wildman–Crippen LogP) is 2.07. The molecule has 1 unspecified atom stereocenters. The molecule has 0 aromatic heterocycles. The van der Waals surface area contributed by atoms with Crippen LogP contribution in [-0.4, -0.2) is 74.5 Å². The first-order chi connectivity index (χ1) is 14.2. The summed E-state index contributed by atoms with van der Waals surface area (Å²) in [5, 5.41) is 14.6. The molecular weight excluding hydrogens is 384 g/mol. The number of nitrogens with one attached hydrogen (secondary N) is 1. The lowest BCUT2D eigenvalue weighted by Crippen LogP contribution is -2.58. The summed E-state index contributed by atoms with van der Waals surface area (Å²) in [4.78, 5) is 26.7. The van der Waals surface area contributed by atoms with Crippen LogP contribution in [0.4, 0.5) is 0 Å². The number of hydrogen-bond acceptors (Lipinski definition) is 5. The van der Waals surface area contributed by atoms with E-state index >= 15 is 0 Å². The van der Waals surface area contributed by atoms with Gasteiger partial charge in [0, 0.05) is 46.2 Å². The third kappa shape index (κ3) is 5.54. The van der Waals surface area contributed by atoms with Crippen molar-refractivity contribution in [3.05, 3.63) is 0 Å². The minimum absolute atomic E-state index is 0.0206. The van der Waals surface area contributed by atoms with Gasteiger partial charge in [-0.2, -0.15) is 0 Å². The number of aliphatic hydroxyl groups excluding tert-OH is 1. The summed E-state index contributed by atoms with van der Waals surface area (Å²) in [6, 6.07) is 0.0832. The fourth-order valence-electron chi connectivity index (χ4n) is 5.96. The van der Waals surface area contributed by atoms with E-state index in [4.69, 9.17) is 9.47 Å². The molecule has 2 aliphatic carbocycles. The van der Waals surface area contributed by atoms with Crippen LogP contribution in [0, 0.1) is 29.1 Å². The zero-order chi connectivity index (χ0) is 22.5. The van der Waals surface area contributed by atoms with E-state index in [0.29, 0.717) is 26.3 Å². The van der Waals surface area contributed by atoms with Crippen molar-refractivity contribution in [1.29, 1.82) is 0 Å². The number of carbonyl (C=O) groups excluding carboxylic acids is 2. The van der Waals surface area contributed by atoms with Crippen molar-refractivity contribution in [3.63, 3.8) is 0 Å². The van der Waals surface area contributed by atoms with Gasteiger partial charge in [-0.1, -0.05) is 20.8 Å². The molecule has 2 aliphatic rings. The SMILES string of the molecule is COCCN(CCOC)C(=O)C(C)[C@@H]1CC[C@@]2(C)CC[C@H](NC(C)=O)[C@@H](C)[C@@H]2[C@H]1O. The van der Waals surface area contributed by atoms with Crippen LogP contribution in [0.5, 0.6) is 0 Å². The molecule has 0 radical (unpaired) electrons. The summed E-state index contributed by atoms with van der Waals surface area (Å²) < 4.78 is 10.3. The molecule has 0 aromatic carbocycles. The standard InChI is InChI=1S/C23H42N2O5/c1-15(22(28)25(11-13-29-5)12-14-30-6)18-7-9-23(4)10-8-19(24-17(3)26)16(2)20(23)21(18)27/h15-16,18-21,27H,7-14H2,1-6H3,(H,24,26)/t15?,16-,18+,19+,20-,21+,23+/m1/s1. The average Bonchev–Trinajstić information content (AvgIpc) is 2.69. The highest BCUT2D eigenvalue weighted by Crippen LogP contribution is 2.55. The van der Waals surface area contributed by atoms with Crippen molar-refractivity contribution in [3.8, 4) is 0 Å². The smallest absolute Gasteiger partial charge is 0.225 e. The lowest BCUT2D eigenvalue weighted by molar-refractivity contribution is -0.151. The molecule has 2 N–H and O–H groups in total. The topological polar surface area (TPSA) is 88.1 Å². The Labute approximate surface area is 181 Å². The van der Waals surface area contributed by atoms with Crippen molar-refractivity contribution in [1.82, 2.24) is 10.2 Å². The molecule has 0 saturated heterocycles. The molecule has 0 bridgehead atoms. The fourth-order valence-corrected chi connectivity index (χ4v) is 5.96. The van der Waals surface area contributed by atoms with Gasteiger partial charge < -0.3 is 24.8 Å². The van der Waals surface area contributed by atoms with Crippen LogP contribution in [-0.2, 0) is 19.1 Å². The number of aliphatic hydroxyl groups is 1. The molecule has 0 spiro atoms. The van der Waals surface area contributed by atoms with Crippen LogP contribution in [0.1, 0.15) is 53.4 Å². The molecule has 0 heterocycles. The number of hydrogen-bond donors (Lipinski definition) is 2. The highest BCUT2D eigenvalue weighted by Gasteiger charge is 2.54. The van der Waals surface area contributed by atoms with Crippen molar-refractivity contribution in [2.45, 2.75) is 65.5 Å². The Morgan fingerprint density at radius 3 is 2.27 bits per heavy atom. The van der Waals surface area contributed by atoms with Crippen LogP contribution in [0.3, 0.4) is 0 Å². The number of amides is 2. The van der Waals surface area contributed by atoms with Crippen LogP contribution >= 0.6 is 0 Å². The molecule has 0 aromatic rings. The number of rotatable bonds is 9. The van der Waals surface area contributed by atoms with Crippen LogP contribution in [0.2, 0.25) is 0 Å². The van der Waals surface area contributed by atoms with E-state index in [1.807, 2.05) is 6.92 Å². The van der Waals surface area contributed by atoms with Crippen LogP contribution < -0.4 is 5.32 Å². The minimum Gasteiger partial charge on any atom is -0.392 e. The van der Waals surface area contributed by atoms with Gasteiger partial charge in [0.2, 0.25) is 11.8 Å². The molecule has 2 saturated carbocycles. The zero-order valence-electron chi connectivity index (χ0n) is 19.6. The molecule has 174 valence electrons. The summed E-state index contributed by atoms with van der Waals surface area (Å²) in [5.74, 6) is -0.0750. The Kier molecular flexibility index (Phi) is 9.13. The van der Waals surface area contributed by atoms with Gasteiger partial charge in [0.05, 0.1) is 19.3 Å². The van der Waals surface area contributed by atoms with Crippen molar-refractivity contribution >= 4 is 11.8 Å². The third-order valence-corrected chi connectivity index (χ3v) is 7.75. The maximum absolute atomic E-state index is 13.3. The van der Waals surface area contributed by atoms with Gasteiger partial charge in [-0.25, -0.2) is 0 Å². The Morgan fingerprint density at radius 2 is 1.73 bits per heavy atom. The summed E-state index contributed by atoms with van der Waals surface area (Å²) >= 11 is 0. The first-order valence-electron chi connectivity index (χ1n) is 11.4. The second kappa shape index (κ2) is 10.9. The molecule has 2 fully saturated rings. The highest BCUT2D eigenvalue weighted by molar-refractivity contribution is 5.79. The van der Waals surface area contributed by atoms with Crippen LogP contribution in [0.25, 0.3) is 0 Å². The summed E-state index contributed by atoms with van der Waals surface area (Å²) in [5.41, 5.74) is 0.0544. The molecule has 2 amide bonds. The number of fused-ring (bicyclic) bond motifs is 1. The maximum Gasteiger partial charge on any atom is 0.225 e. The minimum atomic E-state index is -0.555. The van der Waals surface area contributed by atoms with E-state index in [-0.39, 0.29) is 46.9 Å². The highest BCUT2D eigenvalue weighted by atomic mass is 16.5. The quantitative estimate of drug-likeness (QED) is 0.589. The predicted molar refractivity (Wildman–Crippen MR) is 116 cm³/mol. The van der Waals surface area contributed by atoms with Crippen molar-refractivity contribution < 1.29 is 24.2 Å². The first-order valence-corrected chi connectivity index (χ1v) is 11.4. The Hall–Kier alpha value is -1.18. The largest absolute Gasteiger partial charge is 0.392 e. The average molecular weight is 427 g/mol. The van der Waals surface area contributed by atoms with E-state index in [2.05, 4.69) is 19.2 Å². The molecule has 0 aliphatic heterocycles. The van der Waals surface area contributed by atoms with Gasteiger partial charge in [0.15, 0.2) is 0 Å². The molecule has 7 atom stereocenters. The first kappa shape index (κ1) is 25.1. The molecular formula is C23H42N2O5. The fraction of sp³-hybridized carbons (Fsp3) is 0.913. The third-order valence-electron chi connectivity index (χ3n) is 7.75. The van der Waals surface area contributed by atoms with E-state index in [9.17, 15) is 14.7 Å². The van der Waals surface area contributed by atoms with Crippen LogP contribution in [0.15, 0.2) is 0 Å². The molecule has 7 heteroatoms. The number of carbonyl (C=O) groups is 2. The van der Waals surface area contributed by atoms with E-state index in [1.165, 1.54) is 0 Å². The second-order valence-corrected chi connectivity index (χ2v) is 9.68. The van der Waals surface area contributed by atoms with Crippen molar-refractivity contribution in [2.24, 2.45) is 29.1 Å². The lowest BCUT2D eigenvalue weighted by atomic mass is 9.51. The summed E-state index contributed by atoms with van der Waals surface area (Å²) in [6.07, 6.45) is 3.24. The van der Waals surface area contributed by atoms with Gasteiger partial charge in [0.1, 0.15) is 0 Å². The van der Waals surface area contributed by atoms with Gasteiger partial charge in [-0.3, -0.25) is 9.59 Å². The Balaban J connectivity index is 2.15. The summed E-state index contributed by atoms with van der Waals surface area (Å²) in [6.45, 7) is 9.91. The normalized spacial score (nSPS) is 34.7. The van der Waals surface area contributed by atoms with Gasteiger partial charge in [-0.05, 0) is 48.9 Å². The van der Waals surface area contributed by atoms with Gasteiger partial charge in [0.25, 0.3) is 0 Å². The molecule has 30 heavy (non-hydrogen) atoms. The summed E-state index contributed by atoms with van der Waals surface area (Å²) in [7, 11) is 3.26. The molecule has 7 nitrogen and oxygen atoms in total. The number of ether oxygens (including phenoxy) is 2. The van der Waals surface area contributed by atoms with Gasteiger partial charge >= 0.3 is 0 Å².